The molecule has 0 atom stereocenters. The van der Waals surface area contributed by atoms with Crippen LogP contribution >= 0.6 is 0 Å². The average molecular weight is 664 g/mol. The Morgan fingerprint density at radius 2 is 1.40 bits per heavy atom. The summed E-state index contributed by atoms with van der Waals surface area (Å²) in [5, 5.41) is 51.1. The third-order valence-corrected chi connectivity index (χ3v) is 8.17. The van der Waals surface area contributed by atoms with Crippen LogP contribution in [0.3, 0.4) is 0 Å². The van der Waals surface area contributed by atoms with Gasteiger partial charge in [-0.05, 0) is 77.7 Å². The van der Waals surface area contributed by atoms with Crippen molar-refractivity contribution in [2.45, 2.75) is 11.5 Å². The lowest BCUT2D eigenvalue weighted by atomic mass is 10.1. The monoisotopic (exact) mass is 663 g/mol. The predicted octanol–water partition coefficient (Wildman–Crippen LogP) is 9.21. The van der Waals surface area contributed by atoms with Crippen LogP contribution in [0.15, 0.2) is 135 Å². The maximum absolute atomic E-state index is 12.4. The summed E-state index contributed by atoms with van der Waals surface area (Å²) in [5.41, 5.74) is 2.82. The normalized spacial score (nSPS) is 12.0. The lowest BCUT2D eigenvalue weighted by Crippen LogP contribution is -1.99. The van der Waals surface area contributed by atoms with Gasteiger partial charge in [-0.25, -0.2) is 9.68 Å². The third kappa shape index (κ3) is 6.86. The van der Waals surface area contributed by atoms with Crippen LogP contribution in [0, 0.1) is 0 Å². The van der Waals surface area contributed by atoms with E-state index >= 15 is 0 Å². The van der Waals surface area contributed by atoms with E-state index in [-0.39, 0.29) is 17.6 Å². The summed E-state index contributed by atoms with van der Waals surface area (Å²) in [4.78, 5) is 14.7. The Morgan fingerprint density at radius 1 is 0.729 bits per heavy atom. The molecular weight excluding hydrogens is 638 g/mol. The SMILES string of the molecule is O=C(O)c1ccc(Nc2ccc3cc(S(=O)(=O)O)c(N=Nc4ccc(N=Nc5cccc(COO)c5)c5ccccc45)c(O)c3c2)cc1. The summed E-state index contributed by atoms with van der Waals surface area (Å²) in [6, 6.07) is 29.4. The molecule has 6 rings (SSSR count). The Kier molecular flexibility index (Phi) is 8.87. The molecule has 0 saturated carbocycles. The minimum absolute atomic E-state index is 0.000661. The van der Waals surface area contributed by atoms with Gasteiger partial charge in [0.2, 0.25) is 0 Å². The number of azo groups is 2. The van der Waals surface area contributed by atoms with Crippen LogP contribution in [-0.4, -0.2) is 34.4 Å². The number of nitrogens with one attached hydrogen (secondary N) is 1. The van der Waals surface area contributed by atoms with Gasteiger partial charge in [0, 0.05) is 27.5 Å². The number of carboxylic acids is 1. The zero-order chi connectivity index (χ0) is 33.8. The van der Waals surface area contributed by atoms with Crippen LogP contribution in [-0.2, 0) is 21.6 Å². The number of hydrogen-bond donors (Lipinski definition) is 5. The Labute approximate surface area is 272 Å². The highest BCUT2D eigenvalue weighted by molar-refractivity contribution is 7.86. The number of nitrogens with zero attached hydrogens (tertiary/aromatic N) is 4. The Bertz CT molecular complexity index is 2360. The first kappa shape index (κ1) is 31.9. The Morgan fingerprint density at radius 3 is 2.04 bits per heavy atom. The number of aromatic hydroxyl groups is 1. The topological polar surface area (TPSA) is 203 Å². The molecule has 6 aromatic rings. The highest BCUT2D eigenvalue weighted by Gasteiger charge is 2.22. The molecule has 13 nitrogen and oxygen atoms in total. The number of phenols is 1. The molecule has 48 heavy (non-hydrogen) atoms. The lowest BCUT2D eigenvalue weighted by molar-refractivity contribution is -0.253. The van der Waals surface area contributed by atoms with Gasteiger partial charge in [-0.2, -0.15) is 13.5 Å². The van der Waals surface area contributed by atoms with Gasteiger partial charge in [0.05, 0.1) is 22.6 Å². The molecule has 0 aliphatic carbocycles. The second kappa shape index (κ2) is 13.4. The van der Waals surface area contributed by atoms with Crippen molar-refractivity contribution in [3.63, 3.8) is 0 Å². The van der Waals surface area contributed by atoms with E-state index in [2.05, 4.69) is 30.7 Å². The number of anilines is 2. The molecule has 0 fully saturated rings. The van der Waals surface area contributed by atoms with E-state index in [1.54, 1.807) is 91.0 Å². The van der Waals surface area contributed by atoms with Crippen molar-refractivity contribution in [2.24, 2.45) is 20.5 Å². The Hall–Kier alpha value is -6.06. The van der Waals surface area contributed by atoms with E-state index in [1.165, 1.54) is 18.2 Å². The van der Waals surface area contributed by atoms with E-state index < -0.39 is 32.4 Å². The third-order valence-electron chi connectivity index (χ3n) is 7.30. The van der Waals surface area contributed by atoms with E-state index in [0.29, 0.717) is 50.2 Å². The largest absolute Gasteiger partial charge is 0.505 e. The molecule has 0 unspecified atom stereocenters. The minimum Gasteiger partial charge on any atom is -0.505 e. The number of carboxylic acid groups (broad SMARTS) is 1. The molecule has 0 aliphatic rings. The number of carbonyl (C=O) groups is 1. The second-order valence-corrected chi connectivity index (χ2v) is 11.9. The van der Waals surface area contributed by atoms with Gasteiger partial charge in [-0.3, -0.25) is 9.81 Å². The van der Waals surface area contributed by atoms with Crippen molar-refractivity contribution >= 4 is 71.8 Å². The zero-order valence-corrected chi connectivity index (χ0v) is 25.5. The molecule has 0 aromatic heterocycles. The maximum Gasteiger partial charge on any atom is 0.335 e. The number of aromatic carboxylic acids is 1. The van der Waals surface area contributed by atoms with Crippen molar-refractivity contribution in [3.8, 4) is 5.75 Å². The summed E-state index contributed by atoms with van der Waals surface area (Å²) < 4.78 is 34.8. The minimum atomic E-state index is -4.84. The maximum atomic E-state index is 12.4. The van der Waals surface area contributed by atoms with Crippen molar-refractivity contribution in [1.29, 1.82) is 0 Å². The van der Waals surface area contributed by atoms with E-state index in [0.717, 1.165) is 0 Å². The van der Waals surface area contributed by atoms with Gasteiger partial charge in [0.25, 0.3) is 10.1 Å². The average Bonchev–Trinajstić information content (AvgIpc) is 3.07. The molecule has 0 saturated heterocycles. The van der Waals surface area contributed by atoms with Crippen LogP contribution in [0.5, 0.6) is 5.75 Å². The molecule has 0 aliphatic heterocycles. The number of phenolic OH excluding ortho intramolecular Hbond substituents is 1. The molecule has 5 N–H and O–H groups in total. The smallest absolute Gasteiger partial charge is 0.335 e. The van der Waals surface area contributed by atoms with Crippen LogP contribution in [0.1, 0.15) is 15.9 Å². The van der Waals surface area contributed by atoms with Crippen molar-refractivity contribution in [2.75, 3.05) is 5.32 Å². The number of benzene rings is 6. The fourth-order valence-corrected chi connectivity index (χ4v) is 5.67. The van der Waals surface area contributed by atoms with Gasteiger partial charge >= 0.3 is 5.97 Å². The number of rotatable bonds is 10. The van der Waals surface area contributed by atoms with Crippen LogP contribution in [0.25, 0.3) is 21.5 Å². The van der Waals surface area contributed by atoms with E-state index in [9.17, 15) is 22.9 Å². The van der Waals surface area contributed by atoms with Crippen LogP contribution in [0.4, 0.5) is 34.1 Å². The first-order valence-electron chi connectivity index (χ1n) is 14.2. The molecular formula is C34H25N5O8S. The first-order chi connectivity index (χ1) is 23.1. The van der Waals surface area contributed by atoms with Crippen molar-refractivity contribution in [1.82, 2.24) is 0 Å². The van der Waals surface area contributed by atoms with Gasteiger partial charge < -0.3 is 15.5 Å². The van der Waals surface area contributed by atoms with E-state index in [1.807, 2.05) is 0 Å². The summed E-state index contributed by atoms with van der Waals surface area (Å²) in [6.07, 6.45) is 0. The van der Waals surface area contributed by atoms with E-state index in [4.69, 9.17) is 10.4 Å². The quantitative estimate of drug-likeness (QED) is 0.0409. The zero-order valence-electron chi connectivity index (χ0n) is 24.7. The highest BCUT2D eigenvalue weighted by Crippen LogP contribution is 2.43. The Balaban J connectivity index is 1.37. The molecule has 240 valence electrons. The fourth-order valence-electron chi connectivity index (χ4n) is 5.02. The summed E-state index contributed by atoms with van der Waals surface area (Å²) in [6.45, 7) is 0.000661. The molecule has 6 aromatic carbocycles. The van der Waals surface area contributed by atoms with Crippen LogP contribution < -0.4 is 5.32 Å². The van der Waals surface area contributed by atoms with Gasteiger partial charge in [0.1, 0.15) is 17.2 Å². The number of fused-ring (bicyclic) bond motifs is 2. The van der Waals surface area contributed by atoms with Gasteiger partial charge in [-0.15, -0.1) is 15.3 Å². The fraction of sp³-hybridized carbons (Fsp3) is 0.0294. The summed E-state index contributed by atoms with van der Waals surface area (Å²) in [7, 11) is -4.84. The van der Waals surface area contributed by atoms with Crippen LogP contribution in [0.2, 0.25) is 0 Å². The highest BCUT2D eigenvalue weighted by atomic mass is 32.2. The molecule has 14 heteroatoms. The standard InChI is InChI=1S/C34H25N5O8S/c40-33-28-18-24(35-23-11-8-21(9-12-23)34(41)42)13-10-22(28)17-31(48(44,45)46)32(33)39-38-30-15-14-29(26-6-1-2-7-27(26)30)37-36-25-5-3-4-20(16-25)19-47-43/h1-18,35,40,43H,19H2,(H,41,42)(H,44,45,46). The summed E-state index contributed by atoms with van der Waals surface area (Å²) >= 11 is 0. The van der Waals surface area contributed by atoms with Crippen molar-refractivity contribution < 1.29 is 38.1 Å². The molecule has 0 spiro atoms. The van der Waals surface area contributed by atoms with Crippen molar-refractivity contribution in [3.05, 3.63) is 120 Å². The second-order valence-electron chi connectivity index (χ2n) is 10.5. The first-order valence-corrected chi connectivity index (χ1v) is 15.6. The summed E-state index contributed by atoms with van der Waals surface area (Å²) in [5.74, 6) is -1.59. The molecule has 0 heterocycles. The predicted molar refractivity (Wildman–Crippen MR) is 178 cm³/mol. The van der Waals surface area contributed by atoms with Gasteiger partial charge in [-0.1, -0.05) is 42.5 Å². The molecule has 0 radical (unpaired) electrons. The number of hydrogen-bond acceptors (Lipinski definition) is 11. The molecule has 0 bridgehead atoms. The molecule has 0 amide bonds. The lowest BCUT2D eigenvalue weighted by Gasteiger charge is -2.12. The van der Waals surface area contributed by atoms with Gasteiger partial charge in [0.15, 0.2) is 5.75 Å².